The lowest BCUT2D eigenvalue weighted by molar-refractivity contribution is -0.121. The molecule has 0 radical (unpaired) electrons. The van der Waals surface area contributed by atoms with Crippen molar-refractivity contribution in [3.05, 3.63) is 95.6 Å². The number of aryl methyl sites for hydroxylation is 1. The van der Waals surface area contributed by atoms with Crippen LogP contribution in [0.1, 0.15) is 35.6 Å². The highest BCUT2D eigenvalue weighted by Crippen LogP contribution is 2.38. The standard InChI is InChI=1S/C28H26N4O3S/c1-18-12-14-20(15-13-18)23-16-22(19-8-4-3-5-9-19)31-32(23)28-30-27(34)25(36-28)17-26(33)29-21-10-6-7-11-24(21)35-2/h3-15,23,25H,16-17H2,1-2H3,(H,29,33)/t23-,25-/m0/s1. The molecule has 1 N–H and O–H groups in total. The van der Waals surface area contributed by atoms with Crippen molar-refractivity contribution in [3.8, 4) is 5.75 Å². The van der Waals surface area contributed by atoms with Crippen molar-refractivity contribution in [1.29, 1.82) is 0 Å². The SMILES string of the molecule is COc1ccccc1NC(=O)C[C@@H]1SC(N2N=C(c3ccccc3)C[C@H]2c2ccc(C)cc2)=NC1=O. The molecule has 8 heteroatoms. The topological polar surface area (TPSA) is 83.4 Å². The average molecular weight is 499 g/mol. The van der Waals surface area contributed by atoms with Crippen molar-refractivity contribution in [2.75, 3.05) is 12.4 Å². The zero-order valence-corrected chi connectivity index (χ0v) is 20.9. The van der Waals surface area contributed by atoms with Crippen LogP contribution in [-0.4, -0.2) is 40.1 Å². The molecule has 182 valence electrons. The summed E-state index contributed by atoms with van der Waals surface area (Å²) in [6.45, 7) is 2.05. The Labute approximate surface area is 214 Å². The summed E-state index contributed by atoms with van der Waals surface area (Å²) in [6.07, 6.45) is 0.701. The fourth-order valence-corrected chi connectivity index (χ4v) is 5.32. The van der Waals surface area contributed by atoms with Gasteiger partial charge in [0.15, 0.2) is 5.17 Å². The summed E-state index contributed by atoms with van der Waals surface area (Å²) in [7, 11) is 1.55. The van der Waals surface area contributed by atoms with Gasteiger partial charge in [-0.2, -0.15) is 10.1 Å². The molecule has 2 aliphatic rings. The smallest absolute Gasteiger partial charge is 0.262 e. The van der Waals surface area contributed by atoms with Gasteiger partial charge < -0.3 is 10.1 Å². The molecular formula is C28H26N4O3S. The van der Waals surface area contributed by atoms with E-state index in [-0.39, 0.29) is 24.3 Å². The van der Waals surface area contributed by atoms with E-state index in [1.807, 2.05) is 47.5 Å². The normalized spacial score (nSPS) is 19.2. The Kier molecular flexibility index (Phi) is 6.86. The lowest BCUT2D eigenvalue weighted by Gasteiger charge is -2.23. The molecule has 7 nitrogen and oxygen atoms in total. The third kappa shape index (κ3) is 5.04. The van der Waals surface area contributed by atoms with Crippen molar-refractivity contribution in [2.24, 2.45) is 10.1 Å². The van der Waals surface area contributed by atoms with Crippen LogP contribution in [0.4, 0.5) is 5.69 Å². The minimum Gasteiger partial charge on any atom is -0.495 e. The maximum atomic E-state index is 12.8. The van der Waals surface area contributed by atoms with Crippen molar-refractivity contribution in [3.63, 3.8) is 0 Å². The molecule has 3 aromatic rings. The van der Waals surface area contributed by atoms with Gasteiger partial charge in [0.1, 0.15) is 11.0 Å². The van der Waals surface area contributed by atoms with Crippen LogP contribution in [0.2, 0.25) is 0 Å². The number of nitrogens with zero attached hydrogens (tertiary/aromatic N) is 3. The zero-order valence-electron chi connectivity index (χ0n) is 20.0. The molecule has 0 aromatic heterocycles. The summed E-state index contributed by atoms with van der Waals surface area (Å²) >= 11 is 1.29. The maximum Gasteiger partial charge on any atom is 0.262 e. The molecule has 0 saturated carbocycles. The quantitative estimate of drug-likeness (QED) is 0.506. The molecule has 0 spiro atoms. The molecule has 5 rings (SSSR count). The molecule has 2 atom stereocenters. The summed E-state index contributed by atoms with van der Waals surface area (Å²) in [5.74, 6) is -0.0306. The van der Waals surface area contributed by atoms with Crippen LogP contribution in [-0.2, 0) is 9.59 Å². The number of benzene rings is 3. The summed E-state index contributed by atoms with van der Waals surface area (Å²) in [6, 6.07) is 25.5. The number of carbonyl (C=O) groups is 2. The van der Waals surface area contributed by atoms with Crippen molar-refractivity contribution in [1.82, 2.24) is 5.01 Å². The Morgan fingerprint density at radius 3 is 2.53 bits per heavy atom. The predicted octanol–water partition coefficient (Wildman–Crippen LogP) is 5.18. The van der Waals surface area contributed by atoms with Gasteiger partial charge in [0.05, 0.1) is 24.6 Å². The predicted molar refractivity (Wildman–Crippen MR) is 143 cm³/mol. The number of anilines is 1. The van der Waals surface area contributed by atoms with Crippen LogP contribution >= 0.6 is 11.8 Å². The molecule has 0 unspecified atom stereocenters. The van der Waals surface area contributed by atoms with Crippen molar-refractivity contribution >= 4 is 40.1 Å². The molecule has 2 heterocycles. The second-order valence-corrected chi connectivity index (χ2v) is 9.85. The van der Waals surface area contributed by atoms with Gasteiger partial charge in [0.2, 0.25) is 5.91 Å². The minimum atomic E-state index is -0.607. The van der Waals surface area contributed by atoms with Crippen LogP contribution < -0.4 is 10.1 Å². The van der Waals surface area contributed by atoms with Crippen molar-refractivity contribution in [2.45, 2.75) is 31.1 Å². The van der Waals surface area contributed by atoms with Gasteiger partial charge in [-0.25, -0.2) is 5.01 Å². The number of thioether (sulfide) groups is 1. The number of hydrazone groups is 1. The summed E-state index contributed by atoms with van der Waals surface area (Å²) < 4.78 is 5.30. The first-order chi connectivity index (χ1) is 17.5. The van der Waals surface area contributed by atoms with Gasteiger partial charge in [-0.05, 0) is 30.2 Å². The average Bonchev–Trinajstić information content (AvgIpc) is 3.49. The van der Waals surface area contributed by atoms with E-state index in [0.717, 1.165) is 16.8 Å². The van der Waals surface area contributed by atoms with Gasteiger partial charge in [-0.15, -0.1) is 0 Å². The van der Waals surface area contributed by atoms with Gasteiger partial charge in [0.25, 0.3) is 5.91 Å². The highest BCUT2D eigenvalue weighted by atomic mass is 32.2. The first kappa shape index (κ1) is 23.8. The zero-order chi connectivity index (χ0) is 25.1. The van der Waals surface area contributed by atoms with Crippen LogP contribution in [0.5, 0.6) is 5.75 Å². The molecule has 0 bridgehead atoms. The fraction of sp³-hybridized carbons (Fsp3) is 0.214. The number of ether oxygens (including phenoxy) is 1. The number of methoxy groups -OCH3 is 1. The summed E-state index contributed by atoms with van der Waals surface area (Å²) in [5.41, 5.74) is 4.83. The Morgan fingerprint density at radius 1 is 1.06 bits per heavy atom. The Balaban J connectivity index is 1.34. The third-order valence-corrected chi connectivity index (χ3v) is 7.30. The molecule has 0 fully saturated rings. The molecule has 2 amide bonds. The number of rotatable bonds is 6. The number of carbonyl (C=O) groups excluding carboxylic acids is 2. The fourth-order valence-electron chi connectivity index (χ4n) is 4.26. The van der Waals surface area contributed by atoms with Crippen LogP contribution in [0, 0.1) is 6.92 Å². The number of nitrogens with one attached hydrogen (secondary N) is 1. The summed E-state index contributed by atoms with van der Waals surface area (Å²) in [5, 5.41) is 9.48. The number of aliphatic imine (C=N–C) groups is 1. The Hall–Kier alpha value is -3.91. The lowest BCUT2D eigenvalue weighted by atomic mass is 9.98. The summed E-state index contributed by atoms with van der Waals surface area (Å²) in [4.78, 5) is 29.9. The number of hydrogen-bond donors (Lipinski definition) is 1. The van der Waals surface area contributed by atoms with Gasteiger partial charge in [0, 0.05) is 12.8 Å². The van der Waals surface area contributed by atoms with Gasteiger partial charge in [-0.3, -0.25) is 9.59 Å². The Bertz CT molecular complexity index is 1340. The van der Waals surface area contributed by atoms with Crippen LogP contribution in [0.3, 0.4) is 0 Å². The van der Waals surface area contributed by atoms with E-state index >= 15 is 0 Å². The maximum absolute atomic E-state index is 12.8. The second-order valence-electron chi connectivity index (χ2n) is 8.68. The third-order valence-electron chi connectivity index (χ3n) is 6.16. The van der Waals surface area contributed by atoms with E-state index in [4.69, 9.17) is 9.84 Å². The van der Waals surface area contributed by atoms with Crippen LogP contribution in [0.15, 0.2) is 89.0 Å². The Morgan fingerprint density at radius 2 is 1.78 bits per heavy atom. The monoisotopic (exact) mass is 498 g/mol. The molecule has 3 aromatic carbocycles. The highest BCUT2D eigenvalue weighted by Gasteiger charge is 2.39. The minimum absolute atomic E-state index is 0.00679. The number of para-hydroxylation sites is 2. The van der Waals surface area contributed by atoms with E-state index < -0.39 is 5.25 Å². The molecular weight excluding hydrogens is 472 g/mol. The highest BCUT2D eigenvalue weighted by molar-refractivity contribution is 8.15. The van der Waals surface area contributed by atoms with Crippen molar-refractivity contribution < 1.29 is 14.3 Å². The molecule has 2 aliphatic heterocycles. The van der Waals surface area contributed by atoms with Gasteiger partial charge >= 0.3 is 0 Å². The van der Waals surface area contributed by atoms with E-state index in [9.17, 15) is 9.59 Å². The van der Waals surface area contributed by atoms with E-state index in [1.54, 1.807) is 19.2 Å². The number of hydrogen-bond acceptors (Lipinski definition) is 6. The van der Waals surface area contributed by atoms with Gasteiger partial charge in [-0.1, -0.05) is 84.1 Å². The van der Waals surface area contributed by atoms with E-state index in [1.165, 1.54) is 17.3 Å². The molecule has 0 aliphatic carbocycles. The van der Waals surface area contributed by atoms with Crippen LogP contribution in [0.25, 0.3) is 0 Å². The van der Waals surface area contributed by atoms with E-state index in [0.29, 0.717) is 23.0 Å². The largest absolute Gasteiger partial charge is 0.495 e. The second kappa shape index (κ2) is 10.4. The number of amidine groups is 1. The molecule has 36 heavy (non-hydrogen) atoms. The first-order valence-electron chi connectivity index (χ1n) is 11.7. The van der Waals surface area contributed by atoms with E-state index in [2.05, 4.69) is 41.5 Å². The molecule has 0 saturated heterocycles. The number of amides is 2. The first-order valence-corrected chi connectivity index (χ1v) is 12.6. The lowest BCUT2D eigenvalue weighted by Crippen LogP contribution is -2.25.